The van der Waals surface area contributed by atoms with Gasteiger partial charge in [0.05, 0.1) is 17.9 Å². The van der Waals surface area contributed by atoms with Gasteiger partial charge < -0.3 is 10.4 Å². The number of aromatic nitrogens is 1. The van der Waals surface area contributed by atoms with Crippen molar-refractivity contribution in [3.8, 4) is 11.1 Å². The van der Waals surface area contributed by atoms with Crippen LogP contribution in [-0.4, -0.2) is 22.2 Å². The summed E-state index contributed by atoms with van der Waals surface area (Å²) in [5.41, 5.74) is 1.82. The molecule has 0 saturated heterocycles. The normalized spacial score (nSPS) is 13.5. The Balaban J connectivity index is 1.97. The molecule has 3 rings (SSSR count). The van der Waals surface area contributed by atoms with Crippen LogP contribution in [0.15, 0.2) is 60.8 Å². The second-order valence-corrected chi connectivity index (χ2v) is 7.25. The first kappa shape index (κ1) is 22.4. The average Bonchev–Trinajstić information content (AvgIpc) is 2.73. The molecule has 3 aromatic rings. The molecule has 4 nitrogen and oxygen atoms in total. The summed E-state index contributed by atoms with van der Waals surface area (Å²) in [6.45, 7) is 3.49. The maximum absolute atomic E-state index is 13.1. The summed E-state index contributed by atoms with van der Waals surface area (Å²) in [5, 5.41) is 12.4. The van der Waals surface area contributed by atoms with E-state index in [1.807, 2.05) is 6.92 Å². The molecule has 0 fully saturated rings. The number of aliphatic hydroxyl groups excluding tert-OH is 1. The van der Waals surface area contributed by atoms with Crippen molar-refractivity contribution >= 4 is 5.91 Å². The van der Waals surface area contributed by atoms with Gasteiger partial charge in [0.1, 0.15) is 5.82 Å². The lowest BCUT2D eigenvalue weighted by Crippen LogP contribution is -2.28. The second kappa shape index (κ2) is 8.85. The molecule has 1 aromatic heterocycles. The number of rotatable bonds is 5. The van der Waals surface area contributed by atoms with Gasteiger partial charge in [-0.05, 0) is 60.9 Å². The Morgan fingerprint density at radius 3 is 2.29 bits per heavy atom. The zero-order valence-corrected chi connectivity index (χ0v) is 16.7. The van der Waals surface area contributed by atoms with Crippen LogP contribution in [0.2, 0.25) is 0 Å². The largest absolute Gasteiger partial charge is 0.418 e. The lowest BCUT2D eigenvalue weighted by Gasteiger charge is -2.18. The maximum Gasteiger partial charge on any atom is 0.418 e. The van der Waals surface area contributed by atoms with Crippen LogP contribution in [0.25, 0.3) is 11.1 Å². The van der Waals surface area contributed by atoms with E-state index in [9.17, 15) is 27.5 Å². The highest BCUT2D eigenvalue weighted by atomic mass is 19.4. The maximum atomic E-state index is 13.1. The molecule has 0 aliphatic carbocycles. The molecule has 2 atom stereocenters. The van der Waals surface area contributed by atoms with E-state index in [-0.39, 0.29) is 5.56 Å². The molecular weight excluding hydrogens is 412 g/mol. The number of aryl methyl sites for hydroxylation is 1. The van der Waals surface area contributed by atoms with Crippen LogP contribution in [0.3, 0.4) is 0 Å². The van der Waals surface area contributed by atoms with E-state index >= 15 is 0 Å². The van der Waals surface area contributed by atoms with Crippen LogP contribution in [0.4, 0.5) is 17.6 Å². The van der Waals surface area contributed by atoms with Crippen molar-refractivity contribution < 1.29 is 27.5 Å². The van der Waals surface area contributed by atoms with Crippen molar-refractivity contribution in [2.75, 3.05) is 0 Å². The Morgan fingerprint density at radius 2 is 1.71 bits per heavy atom. The number of nitrogens with one attached hydrogen (secondary N) is 1. The lowest BCUT2D eigenvalue weighted by molar-refractivity contribution is -0.206. The number of hydrogen-bond donors (Lipinski definition) is 2. The van der Waals surface area contributed by atoms with Crippen molar-refractivity contribution in [3.63, 3.8) is 0 Å². The van der Waals surface area contributed by atoms with Gasteiger partial charge in [-0.15, -0.1) is 0 Å². The quantitative estimate of drug-likeness (QED) is 0.539. The molecule has 0 spiro atoms. The Morgan fingerprint density at radius 1 is 1.03 bits per heavy atom. The van der Waals surface area contributed by atoms with E-state index in [0.717, 1.165) is 17.8 Å². The fourth-order valence-electron chi connectivity index (χ4n) is 3.04. The van der Waals surface area contributed by atoms with Crippen molar-refractivity contribution in [2.24, 2.45) is 0 Å². The highest BCUT2D eigenvalue weighted by Gasteiger charge is 2.39. The number of nitrogens with zero attached hydrogens (tertiary/aromatic N) is 1. The molecule has 0 radical (unpaired) electrons. The minimum absolute atomic E-state index is 0.0506. The van der Waals surface area contributed by atoms with Gasteiger partial charge in [0.15, 0.2) is 6.10 Å². The van der Waals surface area contributed by atoms with Gasteiger partial charge in [0, 0.05) is 5.56 Å². The molecule has 162 valence electrons. The number of amides is 1. The van der Waals surface area contributed by atoms with Crippen LogP contribution in [0.1, 0.15) is 46.2 Å². The van der Waals surface area contributed by atoms with Gasteiger partial charge >= 0.3 is 6.18 Å². The summed E-state index contributed by atoms with van der Waals surface area (Å²) in [7, 11) is 0. The highest BCUT2D eigenvalue weighted by Crippen LogP contribution is 2.35. The number of hydrogen-bond acceptors (Lipinski definition) is 3. The minimum Gasteiger partial charge on any atom is -0.379 e. The molecule has 2 N–H and O–H groups in total. The van der Waals surface area contributed by atoms with E-state index in [1.54, 1.807) is 31.2 Å². The molecule has 1 unspecified atom stereocenters. The predicted molar refractivity (Wildman–Crippen MR) is 108 cm³/mol. The number of pyridine rings is 1. The first-order valence-corrected chi connectivity index (χ1v) is 9.43. The SMILES string of the molecule is Cc1ccc(-c2cc(C(=O)N[C@H](C)c3ccc(F)cn3)cc(C(O)C(F)(F)F)c2)cc1. The molecule has 8 heteroatoms. The standard InChI is InChI=1S/C23H20F4N2O2/c1-13-3-5-15(6-4-13)16-9-17(21(30)23(25,26)27)11-18(10-16)22(31)29-14(2)20-8-7-19(24)12-28-20/h3-12,14,21,30H,1-2H3,(H,29,31)/t14-,21?/m1/s1. The molecule has 1 heterocycles. The Bertz CT molecular complexity index is 1060. The van der Waals surface area contributed by atoms with Gasteiger partial charge in [-0.2, -0.15) is 13.2 Å². The van der Waals surface area contributed by atoms with Crippen LogP contribution < -0.4 is 5.32 Å². The number of carbonyl (C=O) groups is 1. The zero-order valence-electron chi connectivity index (χ0n) is 16.7. The second-order valence-electron chi connectivity index (χ2n) is 7.25. The summed E-state index contributed by atoms with van der Waals surface area (Å²) in [6, 6.07) is 12.7. The molecular formula is C23H20F4N2O2. The number of carbonyl (C=O) groups excluding carboxylic acids is 1. The van der Waals surface area contributed by atoms with Crippen LogP contribution in [-0.2, 0) is 0 Å². The molecule has 0 saturated carbocycles. The zero-order chi connectivity index (χ0) is 22.8. The molecule has 0 aliphatic rings. The third-order valence-electron chi connectivity index (χ3n) is 4.77. The number of aliphatic hydroxyl groups is 1. The van der Waals surface area contributed by atoms with Gasteiger partial charge in [-0.3, -0.25) is 9.78 Å². The topological polar surface area (TPSA) is 62.2 Å². The third kappa shape index (κ3) is 5.46. The fraction of sp³-hybridized carbons (Fsp3) is 0.217. The smallest absolute Gasteiger partial charge is 0.379 e. The number of halogens is 4. The van der Waals surface area contributed by atoms with E-state index in [0.29, 0.717) is 16.8 Å². The van der Waals surface area contributed by atoms with E-state index in [2.05, 4.69) is 10.3 Å². The first-order chi connectivity index (χ1) is 14.5. The first-order valence-electron chi connectivity index (χ1n) is 9.43. The number of benzene rings is 2. The lowest BCUT2D eigenvalue weighted by atomic mass is 9.96. The van der Waals surface area contributed by atoms with Crippen LogP contribution in [0, 0.1) is 12.7 Å². The predicted octanol–water partition coefficient (Wildman–Crippen LogP) is 5.28. The average molecular weight is 432 g/mol. The molecule has 1 amide bonds. The molecule has 31 heavy (non-hydrogen) atoms. The molecule has 0 aliphatic heterocycles. The minimum atomic E-state index is -4.88. The molecule has 2 aromatic carbocycles. The van der Waals surface area contributed by atoms with E-state index < -0.39 is 35.6 Å². The monoisotopic (exact) mass is 432 g/mol. The summed E-state index contributed by atoms with van der Waals surface area (Å²) in [6.07, 6.45) is -6.61. The number of alkyl halides is 3. The fourth-order valence-corrected chi connectivity index (χ4v) is 3.04. The van der Waals surface area contributed by atoms with Gasteiger partial charge in [-0.1, -0.05) is 29.8 Å². The third-order valence-corrected chi connectivity index (χ3v) is 4.77. The summed E-state index contributed by atoms with van der Waals surface area (Å²) in [4.78, 5) is 16.7. The Hall–Kier alpha value is -3.26. The summed E-state index contributed by atoms with van der Waals surface area (Å²) >= 11 is 0. The van der Waals surface area contributed by atoms with Crippen molar-refractivity contribution in [1.29, 1.82) is 0 Å². The van der Waals surface area contributed by atoms with Gasteiger partial charge in [-0.25, -0.2) is 4.39 Å². The van der Waals surface area contributed by atoms with Gasteiger partial charge in [0.2, 0.25) is 0 Å². The van der Waals surface area contributed by atoms with Crippen LogP contribution in [0.5, 0.6) is 0 Å². The summed E-state index contributed by atoms with van der Waals surface area (Å²) in [5.74, 6) is -1.18. The van der Waals surface area contributed by atoms with Crippen molar-refractivity contribution in [2.45, 2.75) is 32.2 Å². The summed E-state index contributed by atoms with van der Waals surface area (Å²) < 4.78 is 52.4. The van der Waals surface area contributed by atoms with E-state index in [1.165, 1.54) is 24.3 Å². The van der Waals surface area contributed by atoms with Crippen molar-refractivity contribution in [1.82, 2.24) is 10.3 Å². The Kier molecular flexibility index (Phi) is 6.40. The molecule has 0 bridgehead atoms. The van der Waals surface area contributed by atoms with Gasteiger partial charge in [0.25, 0.3) is 5.91 Å². The van der Waals surface area contributed by atoms with Crippen molar-refractivity contribution in [3.05, 3.63) is 89.0 Å². The van der Waals surface area contributed by atoms with Crippen LogP contribution >= 0.6 is 0 Å². The van der Waals surface area contributed by atoms with E-state index in [4.69, 9.17) is 0 Å². The highest BCUT2D eigenvalue weighted by molar-refractivity contribution is 5.96. The Labute approximate surface area is 176 Å².